The SMILES string of the molecule is [3H][C@H]1C[C@@H](N=[N+]=[N-])[C@@H](COP2OP(=O)(O)CP(=O)(O)O2)O1. The van der Waals surface area contributed by atoms with Crippen molar-refractivity contribution in [2.24, 2.45) is 5.11 Å². The molecule has 2 unspecified atom stereocenters. The molecule has 14 heteroatoms. The Morgan fingerprint density at radius 2 is 2.15 bits per heavy atom. The third kappa shape index (κ3) is 4.48. The Kier molecular flexibility index (Phi) is 4.75. The minimum Gasteiger partial charge on any atom is -0.375 e. The maximum atomic E-state index is 11.4. The maximum Gasteiger partial charge on any atom is 0.348 e. The van der Waals surface area contributed by atoms with Crippen LogP contribution in [0.15, 0.2) is 5.11 Å². The van der Waals surface area contributed by atoms with E-state index in [2.05, 4.69) is 18.6 Å². The first-order chi connectivity index (χ1) is 9.71. The predicted octanol–water partition coefficient (Wildman–Crippen LogP) is 2.07. The van der Waals surface area contributed by atoms with Gasteiger partial charge in [-0.15, -0.1) is 0 Å². The Balaban J connectivity index is 1.94. The van der Waals surface area contributed by atoms with Crippen LogP contribution < -0.4 is 0 Å². The van der Waals surface area contributed by atoms with E-state index >= 15 is 0 Å². The zero-order chi connectivity index (χ0) is 15.7. The lowest BCUT2D eigenvalue weighted by molar-refractivity contribution is 0.0573. The second kappa shape index (κ2) is 6.38. The normalized spacial score (nSPS) is 49.4. The van der Waals surface area contributed by atoms with E-state index in [0.29, 0.717) is 0 Å². The standard InChI is InChI=1S/C6H12N3O8P3/c7-9-8-5-1-2-14-6(5)3-15-18-16-19(10,11)4-20(12,13)17-18/h5-6H,1-4H2,(H,10,11)(H,12,13)/t5-,6-/m1/s1/i2T/t2-,5+,6+/m0. The minimum atomic E-state index is -4.26. The van der Waals surface area contributed by atoms with E-state index in [9.17, 15) is 18.9 Å². The first-order valence-corrected chi connectivity index (χ1v) is 9.91. The Hall–Kier alpha value is -0.0400. The summed E-state index contributed by atoms with van der Waals surface area (Å²) in [6, 6.07) is -0.640. The summed E-state index contributed by atoms with van der Waals surface area (Å²) in [5.41, 5.74) is 8.40. The molecule has 0 saturated carbocycles. The van der Waals surface area contributed by atoms with Crippen LogP contribution >= 0.6 is 23.8 Å². The first kappa shape index (κ1) is 14.9. The molecular formula is C6H12N3O8P3. The van der Waals surface area contributed by atoms with E-state index in [1.165, 1.54) is 0 Å². The van der Waals surface area contributed by atoms with Crippen LogP contribution in [0.2, 0.25) is 0 Å². The summed E-state index contributed by atoms with van der Waals surface area (Å²) in [4.78, 5) is 21.2. The van der Waals surface area contributed by atoms with Crippen LogP contribution in [0.5, 0.6) is 0 Å². The lowest BCUT2D eigenvalue weighted by Gasteiger charge is -2.28. The molecule has 2 N–H and O–H groups in total. The highest BCUT2D eigenvalue weighted by atomic mass is 31.3. The van der Waals surface area contributed by atoms with Gasteiger partial charge in [0.15, 0.2) is 5.90 Å². The highest BCUT2D eigenvalue weighted by Gasteiger charge is 2.46. The van der Waals surface area contributed by atoms with Crippen molar-refractivity contribution in [3.8, 4) is 0 Å². The molecule has 0 aromatic heterocycles. The van der Waals surface area contributed by atoms with Gasteiger partial charge in [0.2, 0.25) is 0 Å². The summed E-state index contributed by atoms with van der Waals surface area (Å²) >= 11 is 0. The number of hydrogen-bond acceptors (Lipinski definition) is 7. The van der Waals surface area contributed by atoms with Crippen molar-refractivity contribution >= 4 is 23.8 Å². The van der Waals surface area contributed by atoms with Gasteiger partial charge in [0.05, 0.1) is 20.1 Å². The van der Waals surface area contributed by atoms with Crippen LogP contribution in [0.4, 0.5) is 0 Å². The molecule has 0 amide bonds. The molecule has 2 heterocycles. The molecule has 114 valence electrons. The molecule has 0 aliphatic carbocycles. The second-order valence-corrected chi connectivity index (χ2v) is 9.64. The molecule has 0 radical (unpaired) electrons. The maximum absolute atomic E-state index is 11.4. The number of hydrogen-bond donors (Lipinski definition) is 2. The number of azide groups is 1. The fraction of sp³-hybridized carbons (Fsp3) is 1.00. The van der Waals surface area contributed by atoms with E-state index in [-0.39, 0.29) is 13.0 Å². The summed E-state index contributed by atoms with van der Waals surface area (Å²) in [5, 5.41) is 3.45. The van der Waals surface area contributed by atoms with E-state index in [1.54, 1.807) is 0 Å². The quantitative estimate of drug-likeness (QED) is 0.337. The first-order valence-electron chi connectivity index (χ1n) is 5.86. The summed E-state index contributed by atoms with van der Waals surface area (Å²) < 4.78 is 49.6. The molecule has 2 aliphatic rings. The van der Waals surface area contributed by atoms with Crippen molar-refractivity contribution in [1.82, 2.24) is 0 Å². The van der Waals surface area contributed by atoms with Gasteiger partial charge in [0.25, 0.3) is 0 Å². The zero-order valence-electron chi connectivity index (χ0n) is 10.9. The van der Waals surface area contributed by atoms with Gasteiger partial charge in [-0.25, -0.2) is 8.62 Å². The molecule has 11 nitrogen and oxygen atoms in total. The van der Waals surface area contributed by atoms with Gasteiger partial charge in [0.1, 0.15) is 0 Å². The Morgan fingerprint density at radius 1 is 1.50 bits per heavy atom. The topological polar surface area (TPSA) is 160 Å². The number of nitrogens with zero attached hydrogens (tertiary/aromatic N) is 3. The molecule has 2 aliphatic heterocycles. The average molecular weight is 349 g/mol. The van der Waals surface area contributed by atoms with Gasteiger partial charge < -0.3 is 19.0 Å². The van der Waals surface area contributed by atoms with Gasteiger partial charge in [-0.05, 0) is 12.0 Å². The Labute approximate surface area is 116 Å². The van der Waals surface area contributed by atoms with Crippen LogP contribution in [0.1, 0.15) is 7.79 Å². The van der Waals surface area contributed by atoms with Gasteiger partial charge in [-0.3, -0.25) is 9.13 Å². The second-order valence-electron chi connectivity index (χ2n) is 3.95. The van der Waals surface area contributed by atoms with Crippen molar-refractivity contribution < 1.29 is 38.2 Å². The average Bonchev–Trinajstić information content (AvgIpc) is 2.63. The largest absolute Gasteiger partial charge is 0.375 e. The van der Waals surface area contributed by atoms with E-state index < -0.39 is 48.4 Å². The van der Waals surface area contributed by atoms with E-state index in [1.807, 2.05) is 0 Å². The molecule has 0 spiro atoms. The fourth-order valence-electron chi connectivity index (χ4n) is 1.54. The van der Waals surface area contributed by atoms with Crippen LogP contribution in [-0.2, 0) is 27.0 Å². The molecular weight excluding hydrogens is 335 g/mol. The minimum absolute atomic E-state index is 0.175. The lowest BCUT2D eigenvalue weighted by Crippen LogP contribution is -2.24. The molecule has 2 saturated heterocycles. The summed E-state index contributed by atoms with van der Waals surface area (Å²) in [6.45, 7) is -1.16. The summed E-state index contributed by atoms with van der Waals surface area (Å²) in [5.74, 6) is -1.00. The monoisotopic (exact) mass is 349 g/mol. The molecule has 20 heavy (non-hydrogen) atoms. The molecule has 2 rings (SSSR count). The smallest absolute Gasteiger partial charge is 0.348 e. The van der Waals surface area contributed by atoms with Gasteiger partial charge in [0, 0.05) is 11.5 Å². The summed E-state index contributed by atoms with van der Waals surface area (Å²) in [6.07, 6.45) is -0.592. The van der Waals surface area contributed by atoms with Crippen molar-refractivity contribution in [3.05, 3.63) is 10.4 Å². The van der Waals surface area contributed by atoms with Crippen LogP contribution in [-0.4, -0.2) is 41.0 Å². The third-order valence-corrected chi connectivity index (χ3v) is 8.66. The van der Waals surface area contributed by atoms with Crippen molar-refractivity contribution in [2.75, 3.05) is 19.1 Å². The Morgan fingerprint density at radius 3 is 2.75 bits per heavy atom. The lowest BCUT2D eigenvalue weighted by atomic mass is 10.2. The van der Waals surface area contributed by atoms with Gasteiger partial charge in [-0.1, -0.05) is 5.11 Å². The van der Waals surface area contributed by atoms with Crippen molar-refractivity contribution in [1.29, 1.82) is 0 Å². The molecule has 2 fully saturated rings. The molecule has 0 aromatic carbocycles. The van der Waals surface area contributed by atoms with E-state index in [4.69, 9.17) is 16.2 Å². The highest BCUT2D eigenvalue weighted by Crippen LogP contribution is 2.75. The fourth-order valence-corrected chi connectivity index (χ4v) is 7.39. The van der Waals surface area contributed by atoms with Crippen molar-refractivity contribution in [3.63, 3.8) is 0 Å². The van der Waals surface area contributed by atoms with Gasteiger partial charge in [-0.2, -0.15) is 0 Å². The number of rotatable bonds is 4. The molecule has 0 bridgehead atoms. The Bertz CT molecular complexity index is 519. The summed E-state index contributed by atoms with van der Waals surface area (Å²) in [7, 11) is -11.0. The molecule has 0 aromatic rings. The third-order valence-electron chi connectivity index (χ3n) is 2.33. The van der Waals surface area contributed by atoms with Crippen molar-refractivity contribution in [2.45, 2.75) is 18.6 Å². The van der Waals surface area contributed by atoms with E-state index in [0.717, 1.165) is 0 Å². The van der Waals surface area contributed by atoms with Crippen LogP contribution in [0.3, 0.4) is 0 Å². The number of ether oxygens (including phenoxy) is 1. The van der Waals surface area contributed by atoms with Gasteiger partial charge >= 0.3 is 23.8 Å². The molecule has 5 atom stereocenters. The predicted molar refractivity (Wildman–Crippen MR) is 66.9 cm³/mol. The zero-order valence-corrected chi connectivity index (χ0v) is 12.6. The highest BCUT2D eigenvalue weighted by molar-refractivity contribution is 7.79. The van der Waals surface area contributed by atoms with Crippen LogP contribution in [0, 0.1) is 0 Å². The van der Waals surface area contributed by atoms with Crippen LogP contribution in [0.25, 0.3) is 10.4 Å².